The number of aryl methyl sites for hydroxylation is 1. The minimum atomic E-state index is -0.741. The van der Waals surface area contributed by atoms with Crippen LogP contribution in [0.2, 0.25) is 0 Å². The molecule has 0 heterocycles. The minimum absolute atomic E-state index is 0.0728. The predicted octanol–water partition coefficient (Wildman–Crippen LogP) is 4.16. The number of ether oxygens (including phenoxy) is 1. The first-order valence-corrected chi connectivity index (χ1v) is 8.91. The Morgan fingerprint density at radius 1 is 1.15 bits per heavy atom. The summed E-state index contributed by atoms with van der Waals surface area (Å²) < 4.78 is 18.4. The van der Waals surface area contributed by atoms with Crippen LogP contribution in [0.25, 0.3) is 0 Å². The third kappa shape index (κ3) is 5.54. The van der Waals surface area contributed by atoms with E-state index in [1.54, 1.807) is 19.1 Å². The van der Waals surface area contributed by atoms with Crippen LogP contribution in [-0.2, 0) is 9.53 Å². The van der Waals surface area contributed by atoms with Crippen LogP contribution >= 0.6 is 0 Å². The van der Waals surface area contributed by atoms with Crippen LogP contribution in [0.4, 0.5) is 15.8 Å². The van der Waals surface area contributed by atoms with Crippen molar-refractivity contribution in [1.29, 1.82) is 0 Å². The Kier molecular flexibility index (Phi) is 6.93. The van der Waals surface area contributed by atoms with Gasteiger partial charge in [-0.05, 0) is 69.7 Å². The van der Waals surface area contributed by atoms with Crippen molar-refractivity contribution < 1.29 is 18.7 Å². The highest BCUT2D eigenvalue weighted by Crippen LogP contribution is 2.20. The molecule has 2 aromatic rings. The highest BCUT2D eigenvalue weighted by atomic mass is 19.1. The third-order valence-electron chi connectivity index (χ3n) is 4.19. The standard InChI is InChI=1S/C21H25FN2O3/c1-5-24(14(2)3)18-10-8-17(9-11-18)23-20(25)13-27-21(26)16-7-6-15(4)19(22)12-16/h6-12,14H,5,13H2,1-4H3,(H,23,25). The zero-order valence-electron chi connectivity index (χ0n) is 16.1. The largest absolute Gasteiger partial charge is 0.452 e. The predicted molar refractivity (Wildman–Crippen MR) is 105 cm³/mol. The highest BCUT2D eigenvalue weighted by molar-refractivity contribution is 5.95. The van der Waals surface area contributed by atoms with Crippen LogP contribution in [-0.4, -0.2) is 31.1 Å². The van der Waals surface area contributed by atoms with E-state index in [1.807, 2.05) is 12.1 Å². The molecule has 0 spiro atoms. The lowest BCUT2D eigenvalue weighted by atomic mass is 10.1. The summed E-state index contributed by atoms with van der Waals surface area (Å²) in [4.78, 5) is 26.1. The maximum absolute atomic E-state index is 13.5. The quantitative estimate of drug-likeness (QED) is 0.742. The summed E-state index contributed by atoms with van der Waals surface area (Å²) in [5.41, 5.74) is 2.19. The van der Waals surface area contributed by atoms with Crippen molar-refractivity contribution in [3.05, 3.63) is 59.4 Å². The van der Waals surface area contributed by atoms with Crippen LogP contribution < -0.4 is 10.2 Å². The molecular formula is C21H25FN2O3. The number of hydrogen-bond donors (Lipinski definition) is 1. The Morgan fingerprint density at radius 3 is 2.37 bits per heavy atom. The minimum Gasteiger partial charge on any atom is -0.452 e. The van der Waals surface area contributed by atoms with Gasteiger partial charge in [-0.25, -0.2) is 9.18 Å². The molecule has 1 amide bonds. The van der Waals surface area contributed by atoms with Gasteiger partial charge in [-0.2, -0.15) is 0 Å². The molecule has 0 aliphatic carbocycles. The van der Waals surface area contributed by atoms with E-state index < -0.39 is 24.3 Å². The lowest BCUT2D eigenvalue weighted by Gasteiger charge is -2.27. The van der Waals surface area contributed by atoms with Gasteiger partial charge in [0.15, 0.2) is 6.61 Å². The van der Waals surface area contributed by atoms with Gasteiger partial charge in [0.25, 0.3) is 5.91 Å². The van der Waals surface area contributed by atoms with E-state index in [4.69, 9.17) is 4.74 Å². The van der Waals surface area contributed by atoms with Gasteiger partial charge in [0.1, 0.15) is 5.82 Å². The lowest BCUT2D eigenvalue weighted by molar-refractivity contribution is -0.119. The number of esters is 1. The lowest BCUT2D eigenvalue weighted by Crippen LogP contribution is -2.30. The van der Waals surface area contributed by atoms with Crippen molar-refractivity contribution in [1.82, 2.24) is 0 Å². The first-order valence-electron chi connectivity index (χ1n) is 8.91. The topological polar surface area (TPSA) is 58.6 Å². The molecule has 0 atom stereocenters. The molecule has 1 N–H and O–H groups in total. The second-order valence-electron chi connectivity index (χ2n) is 6.51. The van der Waals surface area contributed by atoms with Crippen molar-refractivity contribution in [2.24, 2.45) is 0 Å². The average molecular weight is 372 g/mol. The Morgan fingerprint density at radius 2 is 1.81 bits per heavy atom. The fraction of sp³-hybridized carbons (Fsp3) is 0.333. The zero-order valence-corrected chi connectivity index (χ0v) is 16.1. The summed E-state index contributed by atoms with van der Waals surface area (Å²) in [6, 6.07) is 11.9. The molecule has 144 valence electrons. The van der Waals surface area contributed by atoms with Gasteiger partial charge in [-0.1, -0.05) is 6.07 Å². The van der Waals surface area contributed by atoms with Crippen LogP contribution in [0.15, 0.2) is 42.5 Å². The molecule has 0 radical (unpaired) electrons. The third-order valence-corrected chi connectivity index (χ3v) is 4.19. The maximum atomic E-state index is 13.5. The van der Waals surface area contributed by atoms with E-state index >= 15 is 0 Å². The monoisotopic (exact) mass is 372 g/mol. The van der Waals surface area contributed by atoms with Crippen LogP contribution in [0.5, 0.6) is 0 Å². The summed E-state index contributed by atoms with van der Waals surface area (Å²) in [6.07, 6.45) is 0. The van der Waals surface area contributed by atoms with Crippen molar-refractivity contribution >= 4 is 23.3 Å². The number of nitrogens with one attached hydrogen (secondary N) is 1. The highest BCUT2D eigenvalue weighted by Gasteiger charge is 2.13. The number of carbonyl (C=O) groups is 2. The molecule has 2 rings (SSSR count). The Labute approximate surface area is 159 Å². The fourth-order valence-corrected chi connectivity index (χ4v) is 2.71. The maximum Gasteiger partial charge on any atom is 0.338 e. The van der Waals surface area contributed by atoms with E-state index in [0.717, 1.165) is 18.3 Å². The van der Waals surface area contributed by atoms with Gasteiger partial charge in [-0.3, -0.25) is 4.79 Å². The average Bonchev–Trinajstić information content (AvgIpc) is 2.63. The molecule has 0 saturated carbocycles. The Hall–Kier alpha value is -2.89. The molecule has 0 fully saturated rings. The van der Waals surface area contributed by atoms with E-state index in [0.29, 0.717) is 17.3 Å². The zero-order chi connectivity index (χ0) is 20.0. The van der Waals surface area contributed by atoms with Crippen molar-refractivity contribution in [2.75, 3.05) is 23.4 Å². The molecule has 6 heteroatoms. The number of rotatable bonds is 7. The number of amides is 1. The summed E-state index contributed by atoms with van der Waals surface area (Å²) in [5, 5.41) is 2.67. The molecule has 2 aromatic carbocycles. The van der Waals surface area contributed by atoms with Crippen molar-refractivity contribution in [2.45, 2.75) is 33.7 Å². The number of hydrogen-bond acceptors (Lipinski definition) is 4. The van der Waals surface area contributed by atoms with Crippen molar-refractivity contribution in [3.8, 4) is 0 Å². The van der Waals surface area contributed by atoms with Gasteiger partial charge >= 0.3 is 5.97 Å². The molecule has 0 aliphatic rings. The number of anilines is 2. The second-order valence-corrected chi connectivity index (χ2v) is 6.51. The number of nitrogens with zero attached hydrogens (tertiary/aromatic N) is 1. The van der Waals surface area contributed by atoms with Crippen LogP contribution in [0.1, 0.15) is 36.7 Å². The van der Waals surface area contributed by atoms with Gasteiger partial charge in [0.05, 0.1) is 5.56 Å². The normalized spacial score (nSPS) is 10.6. The molecule has 0 aliphatic heterocycles. The summed E-state index contributed by atoms with van der Waals surface area (Å²) in [5.74, 6) is -1.69. The van der Waals surface area contributed by atoms with E-state index in [1.165, 1.54) is 12.1 Å². The van der Waals surface area contributed by atoms with Crippen LogP contribution in [0, 0.1) is 12.7 Å². The van der Waals surface area contributed by atoms with E-state index in [9.17, 15) is 14.0 Å². The molecule has 0 unspecified atom stereocenters. The molecule has 27 heavy (non-hydrogen) atoms. The molecular weight excluding hydrogens is 347 g/mol. The van der Waals surface area contributed by atoms with Gasteiger partial charge < -0.3 is 15.0 Å². The van der Waals surface area contributed by atoms with E-state index in [-0.39, 0.29) is 5.56 Å². The molecule has 0 saturated heterocycles. The fourth-order valence-electron chi connectivity index (χ4n) is 2.71. The second kappa shape index (κ2) is 9.16. The Bertz CT molecular complexity index is 804. The number of halogens is 1. The summed E-state index contributed by atoms with van der Waals surface area (Å²) in [6.45, 7) is 8.37. The first kappa shape index (κ1) is 20.4. The molecule has 0 bridgehead atoms. The molecule has 5 nitrogen and oxygen atoms in total. The van der Waals surface area contributed by atoms with Crippen molar-refractivity contribution in [3.63, 3.8) is 0 Å². The first-order chi connectivity index (χ1) is 12.8. The van der Waals surface area contributed by atoms with Gasteiger partial charge in [-0.15, -0.1) is 0 Å². The Balaban J connectivity index is 1.90. The van der Waals surface area contributed by atoms with E-state index in [2.05, 4.69) is 31.0 Å². The van der Waals surface area contributed by atoms with Gasteiger partial charge in [0, 0.05) is 24.0 Å². The van der Waals surface area contributed by atoms with Gasteiger partial charge in [0.2, 0.25) is 0 Å². The summed E-state index contributed by atoms with van der Waals surface area (Å²) >= 11 is 0. The molecule has 0 aromatic heterocycles. The number of benzene rings is 2. The van der Waals surface area contributed by atoms with Crippen LogP contribution in [0.3, 0.4) is 0 Å². The smallest absolute Gasteiger partial charge is 0.338 e. The SMILES string of the molecule is CCN(c1ccc(NC(=O)COC(=O)c2ccc(C)c(F)c2)cc1)C(C)C. The number of carbonyl (C=O) groups excluding carboxylic acids is 2. The summed E-state index contributed by atoms with van der Waals surface area (Å²) in [7, 11) is 0.